The summed E-state index contributed by atoms with van der Waals surface area (Å²) >= 11 is 2.32. The third-order valence-electron chi connectivity index (χ3n) is 3.65. The van der Waals surface area contributed by atoms with Gasteiger partial charge in [0.25, 0.3) is 5.69 Å². The Morgan fingerprint density at radius 2 is 2.11 bits per heavy atom. The number of nitrogens with zero attached hydrogens (tertiary/aromatic N) is 2. The SMILES string of the molecule is Cc1ccc(-c2csc(NC(=O)CSc3ccccc3F)n2)cc1[N+](=O)[O-]. The van der Waals surface area contributed by atoms with Gasteiger partial charge in [-0.05, 0) is 19.1 Å². The molecule has 2 aromatic carbocycles. The molecule has 9 heteroatoms. The molecule has 0 spiro atoms. The summed E-state index contributed by atoms with van der Waals surface area (Å²) < 4.78 is 13.6. The third kappa shape index (κ3) is 4.69. The molecule has 138 valence electrons. The maximum atomic E-state index is 13.6. The lowest BCUT2D eigenvalue weighted by molar-refractivity contribution is -0.385. The fourth-order valence-corrected chi connectivity index (χ4v) is 3.76. The molecule has 1 amide bonds. The molecule has 0 fully saturated rings. The summed E-state index contributed by atoms with van der Waals surface area (Å²) in [6.45, 7) is 1.67. The Labute approximate surface area is 162 Å². The first-order chi connectivity index (χ1) is 12.9. The predicted molar refractivity (Wildman–Crippen MR) is 105 cm³/mol. The molecular weight excluding hydrogens is 389 g/mol. The molecule has 1 N–H and O–H groups in total. The quantitative estimate of drug-likeness (QED) is 0.360. The zero-order chi connectivity index (χ0) is 19.4. The van der Waals surface area contributed by atoms with Crippen LogP contribution in [0.25, 0.3) is 11.3 Å². The average Bonchev–Trinajstić information content (AvgIpc) is 3.09. The van der Waals surface area contributed by atoms with Crippen LogP contribution in [-0.4, -0.2) is 21.6 Å². The Morgan fingerprint density at radius 3 is 2.85 bits per heavy atom. The second-order valence-electron chi connectivity index (χ2n) is 5.56. The van der Waals surface area contributed by atoms with E-state index in [1.165, 1.54) is 23.5 Å². The van der Waals surface area contributed by atoms with E-state index in [0.29, 0.717) is 26.8 Å². The molecule has 0 saturated carbocycles. The molecule has 0 saturated heterocycles. The van der Waals surface area contributed by atoms with Gasteiger partial charge < -0.3 is 5.32 Å². The van der Waals surface area contributed by atoms with Gasteiger partial charge in [0, 0.05) is 27.5 Å². The maximum absolute atomic E-state index is 13.6. The summed E-state index contributed by atoms with van der Waals surface area (Å²) in [5.74, 6) is -0.627. The van der Waals surface area contributed by atoms with Crippen LogP contribution in [0.4, 0.5) is 15.2 Å². The summed E-state index contributed by atoms with van der Waals surface area (Å²) in [4.78, 5) is 27.4. The van der Waals surface area contributed by atoms with Crippen molar-refractivity contribution < 1.29 is 14.1 Å². The van der Waals surface area contributed by atoms with Gasteiger partial charge in [-0.2, -0.15) is 0 Å². The van der Waals surface area contributed by atoms with Crippen molar-refractivity contribution in [3.05, 3.63) is 69.3 Å². The number of thiazole rings is 1. The highest BCUT2D eigenvalue weighted by Gasteiger charge is 2.14. The topological polar surface area (TPSA) is 85.1 Å². The van der Waals surface area contributed by atoms with Gasteiger partial charge in [0.2, 0.25) is 5.91 Å². The van der Waals surface area contributed by atoms with Crippen molar-refractivity contribution in [2.75, 3.05) is 11.1 Å². The number of aromatic nitrogens is 1. The second kappa shape index (κ2) is 8.28. The molecule has 0 bridgehead atoms. The number of anilines is 1. The number of thioether (sulfide) groups is 1. The number of hydrogen-bond donors (Lipinski definition) is 1. The second-order valence-corrected chi connectivity index (χ2v) is 7.44. The van der Waals surface area contributed by atoms with E-state index >= 15 is 0 Å². The van der Waals surface area contributed by atoms with E-state index in [0.717, 1.165) is 11.8 Å². The van der Waals surface area contributed by atoms with E-state index in [2.05, 4.69) is 10.3 Å². The van der Waals surface area contributed by atoms with Gasteiger partial charge in [0.05, 0.1) is 16.4 Å². The van der Waals surface area contributed by atoms with E-state index in [1.807, 2.05) is 0 Å². The molecule has 0 aliphatic heterocycles. The Kier molecular flexibility index (Phi) is 5.82. The van der Waals surface area contributed by atoms with E-state index < -0.39 is 4.92 Å². The van der Waals surface area contributed by atoms with Crippen LogP contribution in [0, 0.1) is 22.9 Å². The molecule has 3 rings (SSSR count). The van der Waals surface area contributed by atoms with Crippen molar-refractivity contribution in [2.45, 2.75) is 11.8 Å². The van der Waals surface area contributed by atoms with Crippen molar-refractivity contribution >= 4 is 39.8 Å². The lowest BCUT2D eigenvalue weighted by atomic mass is 10.1. The number of nitro groups is 1. The Bertz CT molecular complexity index is 1010. The van der Waals surface area contributed by atoms with Gasteiger partial charge in [-0.3, -0.25) is 14.9 Å². The Morgan fingerprint density at radius 1 is 1.33 bits per heavy atom. The third-order valence-corrected chi connectivity index (χ3v) is 5.45. The van der Waals surface area contributed by atoms with E-state index in [4.69, 9.17) is 0 Å². The first-order valence-electron chi connectivity index (χ1n) is 7.82. The van der Waals surface area contributed by atoms with Crippen LogP contribution in [0.15, 0.2) is 52.7 Å². The number of nitrogens with one attached hydrogen (secondary N) is 1. The highest BCUT2D eigenvalue weighted by molar-refractivity contribution is 8.00. The summed E-state index contributed by atoms with van der Waals surface area (Å²) in [6.07, 6.45) is 0. The molecule has 6 nitrogen and oxygen atoms in total. The van der Waals surface area contributed by atoms with Crippen molar-refractivity contribution in [2.24, 2.45) is 0 Å². The number of benzene rings is 2. The molecule has 0 aliphatic carbocycles. The molecule has 1 aromatic heterocycles. The number of halogens is 1. The lowest BCUT2D eigenvalue weighted by Crippen LogP contribution is -2.13. The minimum Gasteiger partial charge on any atom is -0.301 e. The van der Waals surface area contributed by atoms with Crippen LogP contribution in [0.2, 0.25) is 0 Å². The predicted octanol–water partition coefficient (Wildman–Crippen LogP) is 4.90. The normalized spacial score (nSPS) is 10.6. The fraction of sp³-hybridized carbons (Fsp3) is 0.111. The summed E-state index contributed by atoms with van der Waals surface area (Å²) in [5, 5.41) is 15.8. The molecule has 3 aromatic rings. The van der Waals surface area contributed by atoms with Gasteiger partial charge >= 0.3 is 0 Å². The lowest BCUT2D eigenvalue weighted by Gasteiger charge is -2.03. The number of rotatable bonds is 6. The average molecular weight is 403 g/mol. The molecule has 0 aliphatic rings. The van der Waals surface area contributed by atoms with Crippen molar-refractivity contribution in [1.29, 1.82) is 0 Å². The van der Waals surface area contributed by atoms with Crippen molar-refractivity contribution in [1.82, 2.24) is 4.98 Å². The standard InChI is InChI=1S/C18H14FN3O3S2/c1-11-6-7-12(8-15(11)22(24)25)14-9-27-18(20-14)21-17(23)10-26-16-5-3-2-4-13(16)19/h2-9H,10H2,1H3,(H,20,21,23). The van der Waals surface area contributed by atoms with Gasteiger partial charge in [-0.25, -0.2) is 9.37 Å². The van der Waals surface area contributed by atoms with E-state index in [-0.39, 0.29) is 23.2 Å². The number of carbonyl (C=O) groups is 1. The van der Waals surface area contributed by atoms with E-state index in [9.17, 15) is 19.3 Å². The zero-order valence-electron chi connectivity index (χ0n) is 14.1. The molecule has 27 heavy (non-hydrogen) atoms. The highest BCUT2D eigenvalue weighted by atomic mass is 32.2. The highest BCUT2D eigenvalue weighted by Crippen LogP contribution is 2.29. The first kappa shape index (κ1) is 19.0. The zero-order valence-corrected chi connectivity index (χ0v) is 15.8. The Hall–Kier alpha value is -2.78. The van der Waals surface area contributed by atoms with Gasteiger partial charge in [0.1, 0.15) is 5.82 Å². The summed E-state index contributed by atoms with van der Waals surface area (Å²) in [7, 11) is 0. The smallest absolute Gasteiger partial charge is 0.272 e. The monoisotopic (exact) mass is 403 g/mol. The molecule has 0 atom stereocenters. The number of carbonyl (C=O) groups excluding carboxylic acids is 1. The number of nitro benzene ring substituents is 1. The number of aryl methyl sites for hydroxylation is 1. The van der Waals surface area contributed by atoms with Crippen LogP contribution in [-0.2, 0) is 4.79 Å². The van der Waals surface area contributed by atoms with Crippen LogP contribution >= 0.6 is 23.1 Å². The Balaban J connectivity index is 1.66. The van der Waals surface area contributed by atoms with Crippen LogP contribution in [0.5, 0.6) is 0 Å². The van der Waals surface area contributed by atoms with Gasteiger partial charge in [-0.15, -0.1) is 23.1 Å². The summed E-state index contributed by atoms with van der Waals surface area (Å²) in [6, 6.07) is 11.1. The first-order valence-corrected chi connectivity index (χ1v) is 9.68. The van der Waals surface area contributed by atoms with Gasteiger partial charge in [0.15, 0.2) is 5.13 Å². The van der Waals surface area contributed by atoms with Gasteiger partial charge in [-0.1, -0.05) is 24.3 Å². The van der Waals surface area contributed by atoms with Crippen LogP contribution in [0.3, 0.4) is 0 Å². The van der Waals surface area contributed by atoms with Crippen LogP contribution < -0.4 is 5.32 Å². The van der Waals surface area contributed by atoms with Crippen molar-refractivity contribution in [3.8, 4) is 11.3 Å². The molecular formula is C18H14FN3O3S2. The van der Waals surface area contributed by atoms with E-state index in [1.54, 1.807) is 42.6 Å². The minimum atomic E-state index is -0.437. The molecule has 0 radical (unpaired) electrons. The summed E-state index contributed by atoms with van der Waals surface area (Å²) in [5.41, 5.74) is 1.73. The molecule has 1 heterocycles. The largest absolute Gasteiger partial charge is 0.301 e. The fourth-order valence-electron chi connectivity index (χ4n) is 2.29. The van der Waals surface area contributed by atoms with Crippen LogP contribution in [0.1, 0.15) is 5.56 Å². The maximum Gasteiger partial charge on any atom is 0.272 e. The number of amides is 1. The van der Waals surface area contributed by atoms with Crippen molar-refractivity contribution in [3.63, 3.8) is 0 Å². The minimum absolute atomic E-state index is 0.0207. The number of hydrogen-bond acceptors (Lipinski definition) is 6. The molecule has 0 unspecified atom stereocenters.